The maximum absolute atomic E-state index is 13.8. The Hall–Kier alpha value is -3.69. The smallest absolute Gasteiger partial charge is 0.332 e. The Morgan fingerprint density at radius 2 is 1.62 bits per heavy atom. The first-order valence-corrected chi connectivity index (χ1v) is 13.6. The lowest BCUT2D eigenvalue weighted by molar-refractivity contribution is -0.119. The van der Waals surface area contributed by atoms with Crippen LogP contribution in [0.1, 0.15) is 43.7 Å². The lowest BCUT2D eigenvalue weighted by Gasteiger charge is -2.31. The van der Waals surface area contributed by atoms with Crippen LogP contribution in [-0.4, -0.2) is 66.1 Å². The first-order chi connectivity index (χ1) is 19.0. The van der Waals surface area contributed by atoms with Crippen molar-refractivity contribution in [2.75, 3.05) is 44.4 Å². The van der Waals surface area contributed by atoms with Crippen LogP contribution in [0.25, 0.3) is 10.9 Å². The fourth-order valence-electron chi connectivity index (χ4n) is 5.62. The Morgan fingerprint density at radius 1 is 0.923 bits per heavy atom. The van der Waals surface area contributed by atoms with Gasteiger partial charge >= 0.3 is 5.69 Å². The zero-order valence-corrected chi connectivity index (χ0v) is 21.9. The van der Waals surface area contributed by atoms with Crippen LogP contribution in [0.5, 0.6) is 5.75 Å². The van der Waals surface area contributed by atoms with Crippen molar-refractivity contribution >= 4 is 23.0 Å². The Morgan fingerprint density at radius 3 is 2.26 bits per heavy atom. The van der Waals surface area contributed by atoms with Gasteiger partial charge in [0.1, 0.15) is 19.1 Å². The monoisotopic (exact) mass is 540 g/mol. The van der Waals surface area contributed by atoms with Gasteiger partial charge in [-0.15, -0.1) is 0 Å². The fraction of sp³-hybridized carbons (Fsp3) is 0.483. The normalized spacial score (nSPS) is 16.7. The third-order valence-corrected chi connectivity index (χ3v) is 7.80. The number of ether oxygens (including phenoxy) is 1. The van der Waals surface area contributed by atoms with E-state index in [0.717, 1.165) is 30.8 Å². The van der Waals surface area contributed by atoms with Gasteiger partial charge in [0.15, 0.2) is 6.10 Å². The minimum Gasteiger partial charge on any atom is -0.485 e. The van der Waals surface area contributed by atoms with Crippen LogP contribution in [-0.2, 0) is 11.3 Å². The number of halogens is 2. The van der Waals surface area contributed by atoms with E-state index in [4.69, 9.17) is 4.74 Å². The van der Waals surface area contributed by atoms with Gasteiger partial charge in [-0.25, -0.2) is 13.6 Å². The van der Waals surface area contributed by atoms with Gasteiger partial charge in [-0.2, -0.15) is 0 Å². The summed E-state index contributed by atoms with van der Waals surface area (Å²) in [6, 6.07) is 12.3. The Labute approximate surface area is 225 Å². The van der Waals surface area contributed by atoms with E-state index in [-0.39, 0.29) is 23.7 Å². The molecular weight excluding hydrogens is 506 g/mol. The summed E-state index contributed by atoms with van der Waals surface area (Å²) in [5.74, 6) is 0.165. The van der Waals surface area contributed by atoms with Gasteiger partial charge in [0.05, 0.1) is 17.4 Å². The lowest BCUT2D eigenvalue weighted by Crippen LogP contribution is -2.44. The minimum absolute atomic E-state index is 0.0870. The summed E-state index contributed by atoms with van der Waals surface area (Å²) in [5.41, 5.74) is 1.48. The molecule has 3 heterocycles. The number of likely N-dealkylation sites (tertiary alicyclic amines) is 1. The third-order valence-electron chi connectivity index (χ3n) is 7.80. The summed E-state index contributed by atoms with van der Waals surface area (Å²) in [5, 5.41) is 0.242. The second-order valence-electron chi connectivity index (χ2n) is 10.4. The highest BCUT2D eigenvalue weighted by atomic mass is 19.1. The van der Waals surface area contributed by atoms with Crippen molar-refractivity contribution in [2.45, 2.75) is 50.8 Å². The standard InChI is InChI=1S/C29H34F2N4O4/c30-17-25(18-31)39-24-8-9-27-26(16-24)28(37)34(29(38)35(27)23-10-14-32(20-36)15-11-23)19-21-4-6-22(7-5-21)33-12-2-1-3-13-33/h4-9,16,20,23,25H,1-3,10-15,17-19H2. The second-order valence-corrected chi connectivity index (χ2v) is 10.4. The van der Waals surface area contributed by atoms with E-state index in [1.165, 1.54) is 36.0 Å². The molecule has 3 aromatic rings. The van der Waals surface area contributed by atoms with Crippen molar-refractivity contribution in [1.82, 2.24) is 14.0 Å². The summed E-state index contributed by atoms with van der Waals surface area (Å²) in [6.07, 6.45) is 4.27. The predicted octanol–water partition coefficient (Wildman–Crippen LogP) is 3.68. The molecular formula is C29H34F2N4O4. The maximum atomic E-state index is 13.8. The van der Waals surface area contributed by atoms with E-state index in [2.05, 4.69) is 4.90 Å². The van der Waals surface area contributed by atoms with Gasteiger partial charge in [-0.05, 0) is 68.0 Å². The number of benzene rings is 2. The van der Waals surface area contributed by atoms with Crippen molar-refractivity contribution in [3.05, 3.63) is 68.9 Å². The highest BCUT2D eigenvalue weighted by Crippen LogP contribution is 2.26. The van der Waals surface area contributed by atoms with Crippen LogP contribution >= 0.6 is 0 Å². The first-order valence-electron chi connectivity index (χ1n) is 13.6. The molecule has 39 heavy (non-hydrogen) atoms. The topological polar surface area (TPSA) is 76.8 Å². The summed E-state index contributed by atoms with van der Waals surface area (Å²) >= 11 is 0. The van der Waals surface area contributed by atoms with Gasteiger partial charge in [0.25, 0.3) is 5.56 Å². The van der Waals surface area contributed by atoms with E-state index >= 15 is 0 Å². The van der Waals surface area contributed by atoms with E-state index in [1.807, 2.05) is 24.3 Å². The molecule has 2 aromatic carbocycles. The zero-order chi connectivity index (χ0) is 27.4. The van der Waals surface area contributed by atoms with Crippen molar-refractivity contribution in [2.24, 2.45) is 0 Å². The molecule has 0 unspecified atom stereocenters. The van der Waals surface area contributed by atoms with E-state index in [9.17, 15) is 23.2 Å². The molecule has 0 radical (unpaired) electrons. The Bertz CT molecular complexity index is 1400. The van der Waals surface area contributed by atoms with Crippen LogP contribution in [0.3, 0.4) is 0 Å². The van der Waals surface area contributed by atoms with Crippen molar-refractivity contribution in [3.8, 4) is 5.75 Å². The number of anilines is 1. The number of nitrogens with zero attached hydrogens (tertiary/aromatic N) is 4. The Kier molecular flexibility index (Phi) is 8.28. The average molecular weight is 541 g/mol. The molecule has 2 aliphatic rings. The van der Waals surface area contributed by atoms with Crippen LogP contribution in [0.2, 0.25) is 0 Å². The van der Waals surface area contributed by atoms with Gasteiger partial charge < -0.3 is 14.5 Å². The van der Waals surface area contributed by atoms with Crippen LogP contribution < -0.4 is 20.9 Å². The summed E-state index contributed by atoms with van der Waals surface area (Å²) < 4.78 is 34.5. The number of amides is 1. The number of rotatable bonds is 9. The highest BCUT2D eigenvalue weighted by Gasteiger charge is 2.25. The number of piperidine rings is 2. The molecule has 1 amide bonds. The number of fused-ring (bicyclic) bond motifs is 1. The molecule has 0 saturated carbocycles. The fourth-order valence-corrected chi connectivity index (χ4v) is 5.62. The van der Waals surface area contributed by atoms with Crippen molar-refractivity contribution in [3.63, 3.8) is 0 Å². The molecule has 0 aliphatic carbocycles. The molecule has 2 aliphatic heterocycles. The third kappa shape index (κ3) is 5.69. The molecule has 0 atom stereocenters. The van der Waals surface area contributed by atoms with Gasteiger partial charge in [-0.3, -0.25) is 18.7 Å². The summed E-state index contributed by atoms with van der Waals surface area (Å²) in [6.45, 7) is 1.15. The molecule has 10 heteroatoms. The van der Waals surface area contributed by atoms with E-state index in [1.54, 1.807) is 15.5 Å². The van der Waals surface area contributed by atoms with Crippen LogP contribution in [0.4, 0.5) is 14.5 Å². The quantitative estimate of drug-likeness (QED) is 0.387. The number of hydrogen-bond donors (Lipinski definition) is 0. The molecule has 208 valence electrons. The van der Waals surface area contributed by atoms with Gasteiger partial charge in [-0.1, -0.05) is 12.1 Å². The number of carbonyl (C=O) groups excluding carboxylic acids is 1. The largest absolute Gasteiger partial charge is 0.485 e. The van der Waals surface area contributed by atoms with Crippen LogP contribution in [0.15, 0.2) is 52.1 Å². The number of aromatic nitrogens is 2. The molecule has 5 rings (SSSR count). The van der Waals surface area contributed by atoms with Gasteiger partial charge in [0.2, 0.25) is 6.41 Å². The average Bonchev–Trinajstić information content (AvgIpc) is 2.99. The number of alkyl halides is 2. The van der Waals surface area contributed by atoms with Crippen LogP contribution in [0, 0.1) is 0 Å². The molecule has 8 nitrogen and oxygen atoms in total. The highest BCUT2D eigenvalue weighted by molar-refractivity contribution is 5.80. The molecule has 0 bridgehead atoms. The zero-order valence-electron chi connectivity index (χ0n) is 21.9. The van der Waals surface area contributed by atoms with E-state index in [0.29, 0.717) is 31.4 Å². The molecule has 2 saturated heterocycles. The Balaban J connectivity index is 1.54. The van der Waals surface area contributed by atoms with Crippen molar-refractivity contribution < 1.29 is 18.3 Å². The SMILES string of the molecule is O=CN1CCC(n2c(=O)n(Cc3ccc(N4CCCCC4)cc3)c(=O)c3cc(OC(CF)CF)ccc32)CC1. The van der Waals surface area contributed by atoms with Gasteiger partial charge in [0, 0.05) is 37.9 Å². The second kappa shape index (κ2) is 12.0. The van der Waals surface area contributed by atoms with Crippen molar-refractivity contribution in [1.29, 1.82) is 0 Å². The van der Waals surface area contributed by atoms with E-state index < -0.39 is 30.7 Å². The summed E-state index contributed by atoms with van der Waals surface area (Å²) in [4.78, 5) is 42.7. The molecule has 0 N–H and O–H groups in total. The molecule has 1 aromatic heterocycles. The lowest BCUT2D eigenvalue weighted by atomic mass is 10.0. The first kappa shape index (κ1) is 26.9. The minimum atomic E-state index is -1.26. The number of hydrogen-bond acceptors (Lipinski definition) is 5. The molecule has 0 spiro atoms. The maximum Gasteiger partial charge on any atom is 0.332 e. The molecule has 2 fully saturated rings. The number of carbonyl (C=O) groups is 1. The summed E-state index contributed by atoms with van der Waals surface area (Å²) in [7, 11) is 0. The predicted molar refractivity (Wildman–Crippen MR) is 146 cm³/mol.